The second-order valence-electron chi connectivity index (χ2n) is 4.27. The van der Waals surface area contributed by atoms with Crippen LogP contribution >= 0.6 is 15.9 Å². The Labute approximate surface area is 104 Å². The van der Waals surface area contributed by atoms with Gasteiger partial charge in [0.2, 0.25) is 0 Å². The minimum absolute atomic E-state index is 0.178. The van der Waals surface area contributed by atoms with Crippen molar-refractivity contribution in [3.05, 3.63) is 21.7 Å². The van der Waals surface area contributed by atoms with E-state index >= 15 is 0 Å². The van der Waals surface area contributed by atoms with Crippen LogP contribution in [0.2, 0.25) is 0 Å². The molecule has 2 N–H and O–H groups in total. The molecule has 2 rings (SSSR count). The van der Waals surface area contributed by atoms with Gasteiger partial charge >= 0.3 is 0 Å². The highest BCUT2D eigenvalue weighted by Crippen LogP contribution is 2.51. The molecule has 1 saturated carbocycles. The number of hydrogen-bond acceptors (Lipinski definition) is 3. The van der Waals surface area contributed by atoms with Crippen LogP contribution in [0, 0.1) is 6.92 Å². The topological polar surface area (TPSA) is 44.5 Å². The minimum Gasteiger partial charge on any atom is -0.493 e. The second-order valence-corrected chi connectivity index (χ2v) is 5.07. The minimum atomic E-state index is -0.178. The van der Waals surface area contributed by atoms with Gasteiger partial charge in [0.05, 0.1) is 18.7 Å². The van der Waals surface area contributed by atoms with Gasteiger partial charge in [-0.05, 0) is 52.9 Å². The van der Waals surface area contributed by atoms with Crippen molar-refractivity contribution in [2.45, 2.75) is 25.3 Å². The van der Waals surface area contributed by atoms with Gasteiger partial charge in [0.1, 0.15) is 0 Å². The second kappa shape index (κ2) is 3.93. The molecule has 3 nitrogen and oxygen atoms in total. The Bertz CT molecular complexity index is 428. The third kappa shape index (κ3) is 1.70. The zero-order valence-electron chi connectivity index (χ0n) is 9.76. The molecule has 1 aromatic rings. The molecule has 1 aliphatic rings. The maximum Gasteiger partial charge on any atom is 0.175 e. The van der Waals surface area contributed by atoms with Crippen LogP contribution in [-0.2, 0) is 5.54 Å². The van der Waals surface area contributed by atoms with Gasteiger partial charge in [0.15, 0.2) is 11.5 Å². The monoisotopic (exact) mass is 285 g/mol. The molecule has 0 aromatic heterocycles. The van der Waals surface area contributed by atoms with Gasteiger partial charge in [0.25, 0.3) is 0 Å². The molecule has 0 unspecified atom stereocenters. The lowest BCUT2D eigenvalue weighted by molar-refractivity contribution is 0.351. The average molecular weight is 286 g/mol. The van der Waals surface area contributed by atoms with Gasteiger partial charge in [0, 0.05) is 5.54 Å². The van der Waals surface area contributed by atoms with E-state index in [2.05, 4.69) is 22.9 Å². The fourth-order valence-corrected chi connectivity index (χ4v) is 3.13. The Morgan fingerprint density at radius 3 is 2.38 bits per heavy atom. The maximum absolute atomic E-state index is 6.26. The summed E-state index contributed by atoms with van der Waals surface area (Å²) in [6, 6.07) is 1.98. The smallest absolute Gasteiger partial charge is 0.175 e. The summed E-state index contributed by atoms with van der Waals surface area (Å²) in [5.74, 6) is 1.46. The summed E-state index contributed by atoms with van der Waals surface area (Å²) in [4.78, 5) is 0. The first-order chi connectivity index (χ1) is 7.53. The zero-order chi connectivity index (χ0) is 11.9. The van der Waals surface area contributed by atoms with Gasteiger partial charge < -0.3 is 15.2 Å². The highest BCUT2D eigenvalue weighted by Gasteiger charge is 2.43. The van der Waals surface area contributed by atoms with Crippen LogP contribution in [0.4, 0.5) is 0 Å². The van der Waals surface area contributed by atoms with E-state index in [4.69, 9.17) is 15.2 Å². The predicted molar refractivity (Wildman–Crippen MR) is 67.1 cm³/mol. The van der Waals surface area contributed by atoms with E-state index in [1.807, 2.05) is 6.07 Å². The number of rotatable bonds is 3. The highest BCUT2D eigenvalue weighted by atomic mass is 79.9. The normalized spacial score (nSPS) is 17.1. The van der Waals surface area contributed by atoms with E-state index in [-0.39, 0.29) is 5.54 Å². The van der Waals surface area contributed by atoms with Gasteiger partial charge in [-0.1, -0.05) is 0 Å². The lowest BCUT2D eigenvalue weighted by Crippen LogP contribution is -2.21. The number of nitrogens with two attached hydrogens (primary N) is 1. The van der Waals surface area contributed by atoms with Crippen LogP contribution in [-0.4, -0.2) is 14.2 Å². The summed E-state index contributed by atoms with van der Waals surface area (Å²) in [5, 5.41) is 0. The fourth-order valence-electron chi connectivity index (χ4n) is 2.07. The molecule has 0 spiro atoms. The first-order valence-corrected chi connectivity index (χ1v) is 6.03. The number of ether oxygens (including phenoxy) is 2. The van der Waals surface area contributed by atoms with Crippen LogP contribution in [0.3, 0.4) is 0 Å². The molecule has 4 heteroatoms. The van der Waals surface area contributed by atoms with Crippen LogP contribution < -0.4 is 15.2 Å². The molecule has 1 aliphatic carbocycles. The predicted octanol–water partition coefficient (Wildman–Crippen LogP) is 2.72. The third-order valence-corrected chi connectivity index (χ3v) is 3.85. The maximum atomic E-state index is 6.26. The molecule has 0 aliphatic heterocycles. The number of methoxy groups -OCH3 is 2. The van der Waals surface area contributed by atoms with Gasteiger partial charge in [-0.25, -0.2) is 0 Å². The van der Waals surface area contributed by atoms with E-state index in [9.17, 15) is 0 Å². The Balaban J connectivity index is 2.62. The number of halogens is 1. The van der Waals surface area contributed by atoms with Crippen molar-refractivity contribution < 1.29 is 9.47 Å². The Morgan fingerprint density at radius 2 is 1.94 bits per heavy atom. The lowest BCUT2D eigenvalue weighted by atomic mass is 9.99. The van der Waals surface area contributed by atoms with E-state index in [0.29, 0.717) is 0 Å². The van der Waals surface area contributed by atoms with Crippen molar-refractivity contribution in [2.24, 2.45) is 5.73 Å². The van der Waals surface area contributed by atoms with Crippen molar-refractivity contribution in [3.8, 4) is 11.5 Å². The van der Waals surface area contributed by atoms with E-state index < -0.39 is 0 Å². The summed E-state index contributed by atoms with van der Waals surface area (Å²) in [5.41, 5.74) is 8.37. The van der Waals surface area contributed by atoms with Crippen LogP contribution in [0.15, 0.2) is 10.5 Å². The van der Waals surface area contributed by atoms with Crippen LogP contribution in [0.1, 0.15) is 24.0 Å². The van der Waals surface area contributed by atoms with Gasteiger partial charge in [-0.3, -0.25) is 0 Å². The van der Waals surface area contributed by atoms with E-state index in [1.54, 1.807) is 14.2 Å². The lowest BCUT2D eigenvalue weighted by Gasteiger charge is -2.19. The first kappa shape index (κ1) is 11.7. The summed E-state index contributed by atoms with van der Waals surface area (Å²) < 4.78 is 11.6. The Hall–Kier alpha value is -0.740. The number of aryl methyl sites for hydroxylation is 1. The summed E-state index contributed by atoms with van der Waals surface area (Å²) in [6.45, 7) is 2.05. The number of benzene rings is 1. The molecule has 0 radical (unpaired) electrons. The van der Waals surface area contributed by atoms with Crippen molar-refractivity contribution in [1.82, 2.24) is 0 Å². The molecule has 16 heavy (non-hydrogen) atoms. The van der Waals surface area contributed by atoms with Crippen molar-refractivity contribution >= 4 is 15.9 Å². The summed E-state index contributed by atoms with van der Waals surface area (Å²) in [7, 11) is 3.27. The van der Waals surface area contributed by atoms with Crippen molar-refractivity contribution in [3.63, 3.8) is 0 Å². The molecule has 0 heterocycles. The van der Waals surface area contributed by atoms with E-state index in [0.717, 1.165) is 39.9 Å². The molecule has 0 amide bonds. The zero-order valence-corrected chi connectivity index (χ0v) is 11.3. The fraction of sp³-hybridized carbons (Fsp3) is 0.500. The molecular weight excluding hydrogens is 270 g/mol. The average Bonchev–Trinajstić information content (AvgIpc) is 2.96. The van der Waals surface area contributed by atoms with E-state index in [1.165, 1.54) is 0 Å². The van der Waals surface area contributed by atoms with Gasteiger partial charge in [-0.2, -0.15) is 0 Å². The van der Waals surface area contributed by atoms with Gasteiger partial charge in [-0.15, -0.1) is 0 Å². The highest BCUT2D eigenvalue weighted by molar-refractivity contribution is 9.10. The van der Waals surface area contributed by atoms with Crippen LogP contribution in [0.5, 0.6) is 11.5 Å². The molecule has 0 bridgehead atoms. The largest absolute Gasteiger partial charge is 0.493 e. The summed E-state index contributed by atoms with van der Waals surface area (Å²) >= 11 is 3.57. The Kier molecular flexibility index (Phi) is 2.88. The number of hydrogen-bond donors (Lipinski definition) is 1. The van der Waals surface area contributed by atoms with Crippen molar-refractivity contribution in [2.75, 3.05) is 14.2 Å². The molecule has 0 atom stereocenters. The molecule has 0 saturated heterocycles. The molecule has 88 valence electrons. The van der Waals surface area contributed by atoms with Crippen LogP contribution in [0.25, 0.3) is 0 Å². The molecule has 1 fully saturated rings. The molecular formula is C12H16BrNO2. The Morgan fingerprint density at radius 1 is 1.31 bits per heavy atom. The summed E-state index contributed by atoms with van der Waals surface area (Å²) in [6.07, 6.45) is 2.06. The van der Waals surface area contributed by atoms with Crippen molar-refractivity contribution in [1.29, 1.82) is 0 Å². The standard InChI is InChI=1S/C12H16BrNO2/c1-7-6-8(15-2)11(16-3)10(13)9(7)12(14)4-5-12/h6H,4-5,14H2,1-3H3. The molecule has 1 aromatic carbocycles. The SMILES string of the molecule is COc1cc(C)c(C2(N)CC2)c(Br)c1OC. The quantitative estimate of drug-likeness (QED) is 0.929. The third-order valence-electron chi connectivity index (χ3n) is 3.10. The first-order valence-electron chi connectivity index (χ1n) is 5.24.